The first-order valence-electron chi connectivity index (χ1n) is 16.5. The topological polar surface area (TPSA) is 121 Å². The minimum atomic E-state index is -1.21. The van der Waals surface area contributed by atoms with Gasteiger partial charge in [-0.3, -0.25) is 14.4 Å². The Morgan fingerprint density at radius 1 is 1.06 bits per heavy atom. The van der Waals surface area contributed by atoms with Crippen molar-refractivity contribution in [2.75, 3.05) is 19.7 Å². The molecular formula is C36H44N6O5. The molecule has 1 spiro atoms. The summed E-state index contributed by atoms with van der Waals surface area (Å²) < 4.78 is 8.39. The molecule has 3 amide bonds. The highest BCUT2D eigenvalue weighted by atomic mass is 16.5. The number of likely N-dealkylation sites (tertiary alicyclic amines) is 1. The van der Waals surface area contributed by atoms with E-state index in [1.807, 2.05) is 68.4 Å². The van der Waals surface area contributed by atoms with Crippen LogP contribution in [0, 0.1) is 17.8 Å². The van der Waals surface area contributed by atoms with Crippen LogP contribution in [0.1, 0.15) is 38.7 Å². The van der Waals surface area contributed by atoms with E-state index in [9.17, 15) is 19.5 Å². The average Bonchev–Trinajstić information content (AvgIpc) is 3.82. The van der Waals surface area contributed by atoms with Crippen LogP contribution in [0.2, 0.25) is 0 Å². The summed E-state index contributed by atoms with van der Waals surface area (Å²) in [6.07, 6.45) is 4.32. The van der Waals surface area contributed by atoms with E-state index in [1.165, 1.54) is 0 Å². The first-order chi connectivity index (χ1) is 22.7. The lowest BCUT2D eigenvalue weighted by Gasteiger charge is -2.39. The number of hydrogen-bond acceptors (Lipinski definition) is 7. The summed E-state index contributed by atoms with van der Waals surface area (Å²) in [4.78, 5) is 48.9. The van der Waals surface area contributed by atoms with Crippen LogP contribution in [0.3, 0.4) is 0 Å². The SMILES string of the molecule is C=CCN(Cn1nnc2ccccc21)C(=O)C1N([C@@H](CO)CC(C)C)C(=O)[C@@H]2[C@@H](C(=O)N(CC=C)Cc3ccccc3)[C@H]3CCC12O3. The molecule has 3 fully saturated rings. The number of benzene rings is 2. The molecule has 11 nitrogen and oxygen atoms in total. The van der Waals surface area contributed by atoms with Crippen LogP contribution in [-0.4, -0.2) is 96.0 Å². The zero-order chi connectivity index (χ0) is 33.3. The fourth-order valence-electron chi connectivity index (χ4n) is 8.00. The fourth-order valence-corrected chi connectivity index (χ4v) is 8.00. The third-order valence-electron chi connectivity index (χ3n) is 9.87. The van der Waals surface area contributed by atoms with Crippen molar-refractivity contribution in [2.24, 2.45) is 17.8 Å². The Morgan fingerprint density at radius 2 is 1.77 bits per heavy atom. The number of aromatic nitrogens is 3. The maximum Gasteiger partial charge on any atom is 0.250 e. The molecule has 6 rings (SSSR count). The summed E-state index contributed by atoms with van der Waals surface area (Å²) in [5, 5.41) is 19.2. The number of amides is 3. The largest absolute Gasteiger partial charge is 0.394 e. The van der Waals surface area contributed by atoms with Crippen LogP contribution < -0.4 is 0 Å². The molecule has 2 bridgehead atoms. The molecule has 248 valence electrons. The highest BCUT2D eigenvalue weighted by molar-refractivity contribution is 5.99. The third-order valence-corrected chi connectivity index (χ3v) is 9.87. The van der Waals surface area contributed by atoms with E-state index < -0.39 is 35.6 Å². The van der Waals surface area contributed by atoms with E-state index in [4.69, 9.17) is 4.74 Å². The quantitative estimate of drug-likeness (QED) is 0.268. The molecule has 0 saturated carbocycles. The summed E-state index contributed by atoms with van der Waals surface area (Å²) in [6, 6.07) is 15.6. The normalized spacial score (nSPS) is 25.3. The Bertz CT molecular complexity index is 1640. The van der Waals surface area contributed by atoms with E-state index in [1.54, 1.807) is 31.5 Å². The van der Waals surface area contributed by atoms with Gasteiger partial charge in [-0.15, -0.1) is 18.3 Å². The maximum atomic E-state index is 14.9. The first-order valence-corrected chi connectivity index (χ1v) is 16.5. The van der Waals surface area contributed by atoms with Gasteiger partial charge in [-0.1, -0.05) is 73.7 Å². The van der Waals surface area contributed by atoms with Gasteiger partial charge in [-0.05, 0) is 42.9 Å². The van der Waals surface area contributed by atoms with Gasteiger partial charge in [0.15, 0.2) is 0 Å². The number of aliphatic hydroxyl groups excluding tert-OH is 1. The van der Waals surface area contributed by atoms with Gasteiger partial charge in [-0.2, -0.15) is 0 Å². The molecule has 1 aromatic heterocycles. The van der Waals surface area contributed by atoms with Crippen molar-refractivity contribution in [3.8, 4) is 0 Å². The molecule has 11 heteroatoms. The lowest BCUT2D eigenvalue weighted by molar-refractivity contribution is -0.153. The van der Waals surface area contributed by atoms with Gasteiger partial charge in [-0.25, -0.2) is 4.68 Å². The van der Waals surface area contributed by atoms with Crippen LogP contribution in [0.15, 0.2) is 79.9 Å². The molecule has 3 aliphatic rings. The van der Waals surface area contributed by atoms with Crippen molar-refractivity contribution in [3.63, 3.8) is 0 Å². The molecule has 47 heavy (non-hydrogen) atoms. The fraction of sp³-hybridized carbons (Fsp3) is 0.472. The predicted molar refractivity (Wildman–Crippen MR) is 176 cm³/mol. The number of fused-ring (bicyclic) bond motifs is 2. The van der Waals surface area contributed by atoms with E-state index in [0.29, 0.717) is 37.9 Å². The maximum absolute atomic E-state index is 14.9. The number of aliphatic hydroxyl groups is 1. The highest BCUT2D eigenvalue weighted by Crippen LogP contribution is 2.59. The smallest absolute Gasteiger partial charge is 0.250 e. The summed E-state index contributed by atoms with van der Waals surface area (Å²) in [5.41, 5.74) is 1.22. The van der Waals surface area contributed by atoms with Crippen molar-refractivity contribution in [3.05, 3.63) is 85.5 Å². The van der Waals surface area contributed by atoms with Crippen LogP contribution in [0.25, 0.3) is 11.0 Å². The number of para-hydroxylation sites is 1. The van der Waals surface area contributed by atoms with Crippen molar-refractivity contribution >= 4 is 28.8 Å². The van der Waals surface area contributed by atoms with Crippen LogP contribution in [-0.2, 0) is 32.3 Å². The van der Waals surface area contributed by atoms with Crippen molar-refractivity contribution in [1.29, 1.82) is 0 Å². The van der Waals surface area contributed by atoms with E-state index in [-0.39, 0.29) is 43.5 Å². The molecule has 0 aliphatic carbocycles. The van der Waals surface area contributed by atoms with E-state index >= 15 is 0 Å². The van der Waals surface area contributed by atoms with Gasteiger partial charge < -0.3 is 24.5 Å². The Hall–Kier alpha value is -4.35. The van der Waals surface area contributed by atoms with Crippen molar-refractivity contribution < 1.29 is 24.2 Å². The van der Waals surface area contributed by atoms with E-state index in [0.717, 1.165) is 11.1 Å². The first kappa shape index (κ1) is 32.6. The molecule has 6 atom stereocenters. The highest BCUT2D eigenvalue weighted by Gasteiger charge is 2.75. The number of hydrogen-bond donors (Lipinski definition) is 1. The minimum absolute atomic E-state index is 0.0780. The number of rotatable bonds is 14. The molecule has 2 unspecified atom stereocenters. The zero-order valence-electron chi connectivity index (χ0n) is 27.1. The van der Waals surface area contributed by atoms with Gasteiger partial charge in [0.2, 0.25) is 17.7 Å². The van der Waals surface area contributed by atoms with Gasteiger partial charge in [0.25, 0.3) is 0 Å². The second-order valence-corrected chi connectivity index (χ2v) is 13.3. The van der Waals surface area contributed by atoms with Gasteiger partial charge in [0.1, 0.15) is 23.8 Å². The van der Waals surface area contributed by atoms with Crippen molar-refractivity contribution in [1.82, 2.24) is 29.7 Å². The molecule has 3 aliphatic heterocycles. The van der Waals surface area contributed by atoms with Crippen molar-refractivity contribution in [2.45, 2.75) is 70.1 Å². The Labute approximate surface area is 275 Å². The number of nitrogens with zero attached hydrogens (tertiary/aromatic N) is 6. The second kappa shape index (κ2) is 13.4. The predicted octanol–water partition coefficient (Wildman–Crippen LogP) is 3.40. The van der Waals surface area contributed by atoms with E-state index in [2.05, 4.69) is 23.5 Å². The molecule has 2 aromatic carbocycles. The Balaban J connectivity index is 1.38. The molecule has 4 heterocycles. The number of carbonyl (C=O) groups is 3. The number of ether oxygens (including phenoxy) is 1. The number of carbonyl (C=O) groups excluding carboxylic acids is 3. The minimum Gasteiger partial charge on any atom is -0.394 e. The van der Waals surface area contributed by atoms with Gasteiger partial charge in [0, 0.05) is 19.6 Å². The molecule has 0 radical (unpaired) electrons. The standard InChI is InChI=1S/C36H44N6O5/c1-5-18-39(21-25-12-8-7-9-13-25)33(44)30-29-16-17-36(47-29)31(30)34(45)42(26(22-43)20-24(3)4)32(36)35(46)40(19-6-2)23-41-28-15-11-10-14-27(28)37-38-41/h5-15,24,26,29-32,43H,1-2,16-23H2,3-4H3/t26-,29-,30+,31+,32?,36?/m1/s1. The summed E-state index contributed by atoms with van der Waals surface area (Å²) >= 11 is 0. The Morgan fingerprint density at radius 3 is 2.47 bits per heavy atom. The summed E-state index contributed by atoms with van der Waals surface area (Å²) in [5.74, 6) is -2.30. The summed E-state index contributed by atoms with van der Waals surface area (Å²) in [7, 11) is 0. The Kier molecular flexibility index (Phi) is 9.29. The van der Waals surface area contributed by atoms with Crippen LogP contribution in [0.5, 0.6) is 0 Å². The van der Waals surface area contributed by atoms with Crippen LogP contribution in [0.4, 0.5) is 0 Å². The van der Waals surface area contributed by atoms with Gasteiger partial charge >= 0.3 is 0 Å². The lowest BCUT2D eigenvalue weighted by Crippen LogP contribution is -2.59. The molecule has 1 N–H and O–H groups in total. The third kappa shape index (κ3) is 5.76. The second-order valence-electron chi connectivity index (χ2n) is 13.3. The average molecular weight is 641 g/mol. The summed E-state index contributed by atoms with van der Waals surface area (Å²) in [6.45, 7) is 12.4. The molecule has 3 aromatic rings. The van der Waals surface area contributed by atoms with Crippen LogP contribution >= 0.6 is 0 Å². The molecular weight excluding hydrogens is 596 g/mol. The van der Waals surface area contributed by atoms with Gasteiger partial charge in [0.05, 0.1) is 36.1 Å². The lowest BCUT2D eigenvalue weighted by atomic mass is 9.70. The zero-order valence-corrected chi connectivity index (χ0v) is 27.1. The monoisotopic (exact) mass is 640 g/mol. The molecule has 3 saturated heterocycles.